The van der Waals surface area contributed by atoms with Crippen LogP contribution in [0.5, 0.6) is 0 Å². The Morgan fingerprint density at radius 1 is 1.31 bits per heavy atom. The second-order valence-electron chi connectivity index (χ2n) is 4.98. The maximum Gasteiger partial charge on any atom is 0.236 e. The van der Waals surface area contributed by atoms with Gasteiger partial charge in [-0.3, -0.25) is 9.69 Å². The number of hydrogen-bond acceptors (Lipinski definition) is 4. The van der Waals surface area contributed by atoms with Gasteiger partial charge in [-0.2, -0.15) is 0 Å². The molecule has 16 heavy (non-hydrogen) atoms. The van der Waals surface area contributed by atoms with Crippen LogP contribution < -0.4 is 5.32 Å². The Morgan fingerprint density at radius 3 is 2.50 bits per heavy atom. The fourth-order valence-corrected chi connectivity index (χ4v) is 2.31. The summed E-state index contributed by atoms with van der Waals surface area (Å²) >= 11 is 0. The summed E-state index contributed by atoms with van der Waals surface area (Å²) in [4.78, 5) is 18.1. The molecular formula is C11H22N4O. The minimum Gasteiger partial charge on any atom is -0.338 e. The van der Waals surface area contributed by atoms with E-state index in [0.717, 1.165) is 39.3 Å². The van der Waals surface area contributed by atoms with E-state index in [0.29, 0.717) is 12.6 Å². The molecule has 0 radical (unpaired) electrons. The van der Waals surface area contributed by atoms with Gasteiger partial charge in [0.2, 0.25) is 5.91 Å². The van der Waals surface area contributed by atoms with Gasteiger partial charge in [-0.1, -0.05) is 0 Å². The molecule has 0 spiro atoms. The third kappa shape index (κ3) is 2.72. The van der Waals surface area contributed by atoms with Crippen molar-refractivity contribution >= 4 is 5.91 Å². The van der Waals surface area contributed by atoms with Crippen molar-refractivity contribution in [3.63, 3.8) is 0 Å². The standard InChI is InChI=1S/C11H22N4O/c1-13(2)9-11(16)15-7-10(8-15)14-5-3-12-4-6-14/h10,12H,3-9H2,1-2H3. The monoisotopic (exact) mass is 226 g/mol. The Labute approximate surface area is 97.4 Å². The van der Waals surface area contributed by atoms with Crippen molar-refractivity contribution in [2.24, 2.45) is 0 Å². The molecule has 0 atom stereocenters. The maximum absolute atomic E-state index is 11.7. The number of nitrogens with zero attached hydrogens (tertiary/aromatic N) is 3. The molecule has 2 rings (SSSR count). The molecule has 2 saturated heterocycles. The van der Waals surface area contributed by atoms with E-state index < -0.39 is 0 Å². The van der Waals surface area contributed by atoms with E-state index in [4.69, 9.17) is 0 Å². The number of rotatable bonds is 3. The number of carbonyl (C=O) groups excluding carboxylic acids is 1. The zero-order chi connectivity index (χ0) is 11.5. The number of likely N-dealkylation sites (tertiary alicyclic amines) is 1. The van der Waals surface area contributed by atoms with Crippen molar-refractivity contribution in [2.45, 2.75) is 6.04 Å². The quantitative estimate of drug-likeness (QED) is 0.647. The average Bonchev–Trinajstić information content (AvgIpc) is 2.15. The van der Waals surface area contributed by atoms with Crippen LogP contribution in [0.4, 0.5) is 0 Å². The molecule has 0 aromatic carbocycles. The van der Waals surface area contributed by atoms with Gasteiger partial charge >= 0.3 is 0 Å². The number of hydrogen-bond donors (Lipinski definition) is 1. The average molecular weight is 226 g/mol. The molecule has 2 heterocycles. The van der Waals surface area contributed by atoms with Crippen LogP contribution in [0.3, 0.4) is 0 Å². The lowest BCUT2D eigenvalue weighted by molar-refractivity contribution is -0.139. The topological polar surface area (TPSA) is 38.8 Å². The first-order chi connectivity index (χ1) is 7.66. The molecule has 1 N–H and O–H groups in total. The second kappa shape index (κ2) is 5.12. The van der Waals surface area contributed by atoms with Crippen LogP contribution in [0.15, 0.2) is 0 Å². The third-order valence-electron chi connectivity index (χ3n) is 3.33. The predicted octanol–water partition coefficient (Wildman–Crippen LogP) is -1.34. The van der Waals surface area contributed by atoms with Crippen molar-refractivity contribution in [1.29, 1.82) is 0 Å². The Hall–Kier alpha value is -0.650. The first-order valence-corrected chi connectivity index (χ1v) is 6.04. The summed E-state index contributed by atoms with van der Waals surface area (Å²) in [7, 11) is 3.87. The van der Waals surface area contributed by atoms with Crippen LogP contribution in [0.25, 0.3) is 0 Å². The minimum absolute atomic E-state index is 0.261. The number of piperazine rings is 1. The van der Waals surface area contributed by atoms with Crippen LogP contribution in [-0.4, -0.2) is 86.6 Å². The van der Waals surface area contributed by atoms with E-state index >= 15 is 0 Å². The predicted molar refractivity (Wildman–Crippen MR) is 63.4 cm³/mol. The van der Waals surface area contributed by atoms with Gasteiger partial charge in [0, 0.05) is 45.3 Å². The van der Waals surface area contributed by atoms with Crippen LogP contribution in [0, 0.1) is 0 Å². The summed E-state index contributed by atoms with van der Waals surface area (Å²) in [6, 6.07) is 0.605. The van der Waals surface area contributed by atoms with Gasteiger partial charge in [-0.25, -0.2) is 0 Å². The van der Waals surface area contributed by atoms with E-state index in [1.54, 1.807) is 0 Å². The molecule has 0 saturated carbocycles. The van der Waals surface area contributed by atoms with Gasteiger partial charge in [-0.05, 0) is 14.1 Å². The Morgan fingerprint density at radius 2 is 1.94 bits per heavy atom. The highest BCUT2D eigenvalue weighted by Crippen LogP contribution is 2.15. The van der Waals surface area contributed by atoms with Crippen molar-refractivity contribution in [3.05, 3.63) is 0 Å². The first kappa shape index (κ1) is 11.8. The molecule has 0 aromatic rings. The maximum atomic E-state index is 11.7. The fraction of sp³-hybridized carbons (Fsp3) is 0.909. The van der Waals surface area contributed by atoms with Crippen LogP contribution in [-0.2, 0) is 4.79 Å². The molecule has 5 heteroatoms. The van der Waals surface area contributed by atoms with Crippen LogP contribution in [0.1, 0.15) is 0 Å². The zero-order valence-corrected chi connectivity index (χ0v) is 10.3. The molecule has 0 bridgehead atoms. The summed E-state index contributed by atoms with van der Waals surface area (Å²) in [5.41, 5.74) is 0. The molecule has 5 nitrogen and oxygen atoms in total. The normalized spacial score (nSPS) is 23.6. The lowest BCUT2D eigenvalue weighted by atomic mass is 10.1. The van der Waals surface area contributed by atoms with Gasteiger partial charge in [-0.15, -0.1) is 0 Å². The molecule has 2 aliphatic heterocycles. The molecule has 0 aromatic heterocycles. The number of likely N-dealkylation sites (N-methyl/N-ethyl adjacent to an activating group) is 1. The minimum atomic E-state index is 0.261. The van der Waals surface area contributed by atoms with Crippen molar-refractivity contribution in [2.75, 3.05) is 59.9 Å². The van der Waals surface area contributed by atoms with Crippen molar-refractivity contribution in [3.8, 4) is 0 Å². The number of amides is 1. The smallest absolute Gasteiger partial charge is 0.236 e. The van der Waals surface area contributed by atoms with Crippen molar-refractivity contribution < 1.29 is 4.79 Å². The lowest BCUT2D eigenvalue weighted by Gasteiger charge is -2.47. The number of nitrogens with one attached hydrogen (secondary N) is 1. The highest BCUT2D eigenvalue weighted by atomic mass is 16.2. The summed E-state index contributed by atoms with van der Waals surface area (Å²) in [6.07, 6.45) is 0. The molecular weight excluding hydrogens is 204 g/mol. The van der Waals surface area contributed by atoms with E-state index in [9.17, 15) is 4.79 Å². The Balaban J connectivity index is 1.70. The summed E-state index contributed by atoms with van der Waals surface area (Å²) in [5, 5.41) is 3.35. The third-order valence-corrected chi connectivity index (χ3v) is 3.33. The summed E-state index contributed by atoms with van der Waals surface area (Å²) in [5.74, 6) is 0.261. The highest BCUT2D eigenvalue weighted by Gasteiger charge is 2.34. The fourth-order valence-electron chi connectivity index (χ4n) is 2.31. The molecule has 0 aliphatic carbocycles. The highest BCUT2D eigenvalue weighted by molar-refractivity contribution is 5.79. The van der Waals surface area contributed by atoms with E-state index in [2.05, 4.69) is 10.2 Å². The van der Waals surface area contributed by atoms with Gasteiger partial charge in [0.05, 0.1) is 6.54 Å². The molecule has 1 amide bonds. The summed E-state index contributed by atoms with van der Waals surface area (Å²) in [6.45, 7) is 6.80. The molecule has 2 fully saturated rings. The lowest BCUT2D eigenvalue weighted by Crippen LogP contribution is -2.64. The largest absolute Gasteiger partial charge is 0.338 e. The van der Waals surface area contributed by atoms with E-state index in [1.807, 2.05) is 23.9 Å². The SMILES string of the molecule is CN(C)CC(=O)N1CC(N2CCNCC2)C1. The van der Waals surface area contributed by atoms with Crippen LogP contribution in [0.2, 0.25) is 0 Å². The van der Waals surface area contributed by atoms with E-state index in [-0.39, 0.29) is 5.91 Å². The zero-order valence-electron chi connectivity index (χ0n) is 10.3. The number of carbonyl (C=O) groups is 1. The summed E-state index contributed by atoms with van der Waals surface area (Å²) < 4.78 is 0. The van der Waals surface area contributed by atoms with Gasteiger partial charge < -0.3 is 15.1 Å². The molecule has 0 unspecified atom stereocenters. The van der Waals surface area contributed by atoms with E-state index in [1.165, 1.54) is 0 Å². The van der Waals surface area contributed by atoms with Gasteiger partial charge in [0.15, 0.2) is 0 Å². The molecule has 92 valence electrons. The molecule has 2 aliphatic rings. The van der Waals surface area contributed by atoms with Crippen molar-refractivity contribution in [1.82, 2.24) is 20.0 Å². The Bertz CT molecular complexity index is 244. The second-order valence-corrected chi connectivity index (χ2v) is 4.98. The first-order valence-electron chi connectivity index (χ1n) is 6.04. The van der Waals surface area contributed by atoms with Gasteiger partial charge in [0.1, 0.15) is 0 Å². The van der Waals surface area contributed by atoms with Gasteiger partial charge in [0.25, 0.3) is 0 Å². The van der Waals surface area contributed by atoms with Crippen LogP contribution >= 0.6 is 0 Å². The Kier molecular flexibility index (Phi) is 3.78.